The molecule has 2 N–H and O–H groups in total. The van der Waals surface area contributed by atoms with Gasteiger partial charge < -0.3 is 15.2 Å². The molecule has 3 nitrogen and oxygen atoms in total. The minimum absolute atomic E-state index is 0.201. The lowest BCUT2D eigenvalue weighted by Gasteiger charge is -2.19. The number of benzene rings is 1. The molecule has 0 fully saturated rings. The maximum Gasteiger partial charge on any atom is 0.119 e. The van der Waals surface area contributed by atoms with Gasteiger partial charge in [-0.05, 0) is 38.6 Å². The van der Waals surface area contributed by atoms with E-state index in [9.17, 15) is 0 Å². The molecule has 0 aliphatic heterocycles. The highest BCUT2D eigenvalue weighted by atomic mass is 32.2. The second-order valence-electron chi connectivity index (χ2n) is 4.90. The average Bonchev–Trinajstić information content (AvgIpc) is 2.40. The largest absolute Gasteiger partial charge is 0.491 e. The first-order valence-corrected chi connectivity index (χ1v) is 7.78. The first kappa shape index (κ1) is 16.3. The highest BCUT2D eigenvalue weighted by Gasteiger charge is 2.11. The molecule has 108 valence electrons. The van der Waals surface area contributed by atoms with E-state index >= 15 is 0 Å². The molecule has 0 saturated carbocycles. The molecule has 0 aromatic heterocycles. The third-order valence-corrected chi connectivity index (χ3v) is 4.05. The molecule has 0 aliphatic carbocycles. The van der Waals surface area contributed by atoms with Crippen LogP contribution in [-0.4, -0.2) is 35.9 Å². The second kappa shape index (κ2) is 8.46. The molecule has 0 radical (unpaired) electrons. The van der Waals surface area contributed by atoms with Crippen LogP contribution >= 0.6 is 11.8 Å². The van der Waals surface area contributed by atoms with Gasteiger partial charge in [0.05, 0.1) is 12.7 Å². The number of ether oxygens (including phenoxy) is 1. The molecule has 2 unspecified atom stereocenters. The van der Waals surface area contributed by atoms with Crippen molar-refractivity contribution in [3.63, 3.8) is 0 Å². The summed E-state index contributed by atoms with van der Waals surface area (Å²) in [5.41, 5.74) is 1.25. The second-order valence-corrected chi connectivity index (χ2v) is 6.37. The van der Waals surface area contributed by atoms with E-state index in [1.807, 2.05) is 40.0 Å². The standard InChI is InChI=1S/C15H25NO2S/c1-11(2)18-14-7-5-13(6-8-14)15(16-4)10-19-12(3)9-17/h5-8,11-12,15-17H,9-10H2,1-4H3. The van der Waals surface area contributed by atoms with Crippen LogP contribution in [0.15, 0.2) is 24.3 Å². The molecular weight excluding hydrogens is 258 g/mol. The van der Waals surface area contributed by atoms with E-state index in [1.165, 1.54) is 5.56 Å². The van der Waals surface area contributed by atoms with Gasteiger partial charge in [0.2, 0.25) is 0 Å². The number of aliphatic hydroxyl groups excluding tert-OH is 1. The lowest BCUT2D eigenvalue weighted by molar-refractivity contribution is 0.242. The molecule has 1 aromatic carbocycles. The van der Waals surface area contributed by atoms with Crippen molar-refractivity contribution in [1.29, 1.82) is 0 Å². The van der Waals surface area contributed by atoms with Crippen molar-refractivity contribution in [3.8, 4) is 5.75 Å². The third-order valence-electron chi connectivity index (χ3n) is 2.81. The van der Waals surface area contributed by atoms with E-state index in [4.69, 9.17) is 9.84 Å². The molecule has 0 spiro atoms. The smallest absolute Gasteiger partial charge is 0.119 e. The Morgan fingerprint density at radius 2 is 1.84 bits per heavy atom. The Morgan fingerprint density at radius 3 is 2.32 bits per heavy atom. The summed E-state index contributed by atoms with van der Waals surface area (Å²) in [6, 6.07) is 8.53. The van der Waals surface area contributed by atoms with E-state index in [2.05, 4.69) is 17.4 Å². The van der Waals surface area contributed by atoms with Gasteiger partial charge in [0, 0.05) is 17.0 Å². The molecule has 0 bridgehead atoms. The Balaban J connectivity index is 2.60. The van der Waals surface area contributed by atoms with Crippen LogP contribution in [0.5, 0.6) is 5.75 Å². The van der Waals surface area contributed by atoms with Gasteiger partial charge in [-0.25, -0.2) is 0 Å². The molecule has 0 aliphatic rings. The predicted octanol–water partition coefficient (Wildman–Crippen LogP) is 2.85. The zero-order chi connectivity index (χ0) is 14.3. The summed E-state index contributed by atoms with van der Waals surface area (Å²) in [4.78, 5) is 0. The van der Waals surface area contributed by atoms with Crippen molar-refractivity contribution >= 4 is 11.8 Å². The summed E-state index contributed by atoms with van der Waals surface area (Å²) in [7, 11) is 1.97. The minimum Gasteiger partial charge on any atom is -0.491 e. The van der Waals surface area contributed by atoms with Crippen LogP contribution in [0.3, 0.4) is 0 Å². The van der Waals surface area contributed by atoms with Crippen LogP contribution in [0.1, 0.15) is 32.4 Å². The molecule has 19 heavy (non-hydrogen) atoms. The van der Waals surface area contributed by atoms with Gasteiger partial charge >= 0.3 is 0 Å². The highest BCUT2D eigenvalue weighted by molar-refractivity contribution is 7.99. The van der Waals surface area contributed by atoms with Crippen LogP contribution in [0.2, 0.25) is 0 Å². The topological polar surface area (TPSA) is 41.5 Å². The molecule has 4 heteroatoms. The van der Waals surface area contributed by atoms with Gasteiger partial charge in [-0.15, -0.1) is 0 Å². The fraction of sp³-hybridized carbons (Fsp3) is 0.600. The summed E-state index contributed by atoms with van der Waals surface area (Å²) >= 11 is 1.78. The number of hydrogen-bond donors (Lipinski definition) is 2. The Hall–Kier alpha value is -0.710. The monoisotopic (exact) mass is 283 g/mol. The van der Waals surface area contributed by atoms with E-state index < -0.39 is 0 Å². The normalized spacial score (nSPS) is 14.4. The fourth-order valence-electron chi connectivity index (χ4n) is 1.71. The number of rotatable bonds is 8. The summed E-state index contributed by atoms with van der Waals surface area (Å²) in [5, 5.41) is 12.6. The van der Waals surface area contributed by atoms with E-state index in [1.54, 1.807) is 11.8 Å². The SMILES string of the molecule is CNC(CSC(C)CO)c1ccc(OC(C)C)cc1. The maximum absolute atomic E-state index is 9.05. The Kier molecular flexibility index (Phi) is 7.28. The molecule has 0 saturated heterocycles. The summed E-state index contributed by atoms with van der Waals surface area (Å²) < 4.78 is 5.64. The first-order valence-electron chi connectivity index (χ1n) is 6.73. The number of aliphatic hydroxyl groups is 1. The number of thioether (sulfide) groups is 1. The van der Waals surface area contributed by atoms with Gasteiger partial charge in [-0.2, -0.15) is 11.8 Å². The summed E-state index contributed by atoms with van der Waals surface area (Å²) in [6.45, 7) is 6.31. The minimum atomic E-state index is 0.201. The van der Waals surface area contributed by atoms with Crippen LogP contribution < -0.4 is 10.1 Å². The Bertz CT molecular complexity index is 354. The van der Waals surface area contributed by atoms with Gasteiger partial charge in [-0.1, -0.05) is 19.1 Å². The Morgan fingerprint density at radius 1 is 1.21 bits per heavy atom. The van der Waals surface area contributed by atoms with E-state index in [0.717, 1.165) is 11.5 Å². The number of nitrogens with one attached hydrogen (secondary N) is 1. The quantitative estimate of drug-likeness (QED) is 0.770. The van der Waals surface area contributed by atoms with Gasteiger partial charge in [-0.3, -0.25) is 0 Å². The van der Waals surface area contributed by atoms with Gasteiger partial charge in [0.1, 0.15) is 5.75 Å². The van der Waals surface area contributed by atoms with Crippen molar-refractivity contribution < 1.29 is 9.84 Å². The van der Waals surface area contributed by atoms with E-state index in [0.29, 0.717) is 6.04 Å². The van der Waals surface area contributed by atoms with Crippen molar-refractivity contribution in [1.82, 2.24) is 5.32 Å². The first-order chi connectivity index (χ1) is 9.06. The average molecular weight is 283 g/mol. The highest BCUT2D eigenvalue weighted by Crippen LogP contribution is 2.23. The van der Waals surface area contributed by atoms with Crippen molar-refractivity contribution in [2.45, 2.75) is 38.2 Å². The fourth-order valence-corrected chi connectivity index (χ4v) is 2.70. The molecule has 0 heterocycles. The van der Waals surface area contributed by atoms with Gasteiger partial charge in [0.25, 0.3) is 0 Å². The van der Waals surface area contributed by atoms with Crippen molar-refractivity contribution in [3.05, 3.63) is 29.8 Å². The Labute approximate surface area is 120 Å². The summed E-state index contributed by atoms with van der Waals surface area (Å²) in [5.74, 6) is 1.85. The number of hydrogen-bond acceptors (Lipinski definition) is 4. The van der Waals surface area contributed by atoms with Crippen molar-refractivity contribution in [2.75, 3.05) is 19.4 Å². The molecule has 1 aromatic rings. The van der Waals surface area contributed by atoms with Crippen LogP contribution in [0, 0.1) is 0 Å². The van der Waals surface area contributed by atoms with Crippen LogP contribution in [0.25, 0.3) is 0 Å². The van der Waals surface area contributed by atoms with Crippen LogP contribution in [-0.2, 0) is 0 Å². The molecule has 2 atom stereocenters. The predicted molar refractivity (Wildman–Crippen MR) is 83.0 cm³/mol. The van der Waals surface area contributed by atoms with Gasteiger partial charge in [0.15, 0.2) is 0 Å². The maximum atomic E-state index is 9.05. The molecular formula is C15H25NO2S. The van der Waals surface area contributed by atoms with Crippen LogP contribution in [0.4, 0.5) is 0 Å². The lowest BCUT2D eigenvalue weighted by atomic mass is 10.1. The zero-order valence-electron chi connectivity index (χ0n) is 12.2. The third kappa shape index (κ3) is 5.85. The molecule has 0 amide bonds. The molecule has 1 rings (SSSR count). The summed E-state index contributed by atoms with van der Waals surface area (Å²) in [6.07, 6.45) is 0.201. The zero-order valence-corrected chi connectivity index (χ0v) is 13.0. The lowest BCUT2D eigenvalue weighted by Crippen LogP contribution is -2.20. The van der Waals surface area contributed by atoms with E-state index in [-0.39, 0.29) is 18.0 Å². The van der Waals surface area contributed by atoms with Crippen molar-refractivity contribution in [2.24, 2.45) is 0 Å².